The van der Waals surface area contributed by atoms with Crippen LogP contribution in [0, 0.1) is 23.5 Å². The van der Waals surface area contributed by atoms with Crippen molar-refractivity contribution >= 4 is 12.6 Å². The zero-order valence-corrected chi connectivity index (χ0v) is 21.8. The molecule has 0 saturated heterocycles. The Morgan fingerprint density at radius 3 is 1.53 bits per heavy atom. The molecule has 6 rings (SSSR count). The Bertz CT molecular complexity index is 1090. The predicted octanol–water partition coefficient (Wildman–Crippen LogP) is 6.14. The van der Waals surface area contributed by atoms with Crippen molar-refractivity contribution in [3.05, 3.63) is 47.0 Å². The van der Waals surface area contributed by atoms with E-state index in [4.69, 9.17) is 18.9 Å². The number of carbonyl (C=O) groups is 2. The van der Waals surface area contributed by atoms with Gasteiger partial charge in [0.15, 0.2) is 23.0 Å². The van der Waals surface area contributed by atoms with E-state index >= 15 is 0 Å². The van der Waals surface area contributed by atoms with Gasteiger partial charge in [0.25, 0.3) is 0 Å². The summed E-state index contributed by atoms with van der Waals surface area (Å²) < 4.78 is 50.5. The topological polar surface area (TPSA) is 71.1 Å². The molecular weight excluding hydrogens is 494 g/mol. The Balaban J connectivity index is 0.000000155. The zero-order valence-electron chi connectivity index (χ0n) is 21.8. The van der Waals surface area contributed by atoms with Crippen molar-refractivity contribution in [1.29, 1.82) is 0 Å². The second-order valence-corrected chi connectivity index (χ2v) is 10.4. The molecule has 0 aromatic heterocycles. The maximum absolute atomic E-state index is 14.3. The molecule has 2 aliphatic carbocycles. The lowest BCUT2D eigenvalue weighted by Crippen LogP contribution is -2.28. The Morgan fingerprint density at radius 1 is 0.737 bits per heavy atom. The summed E-state index contributed by atoms with van der Waals surface area (Å²) in [5.41, 5.74) is 1.85. The lowest BCUT2D eigenvalue weighted by Gasteiger charge is -2.27. The van der Waals surface area contributed by atoms with Crippen molar-refractivity contribution in [1.82, 2.24) is 0 Å². The zero-order chi connectivity index (χ0) is 26.8. The van der Waals surface area contributed by atoms with Crippen LogP contribution < -0.4 is 18.9 Å². The second-order valence-electron chi connectivity index (χ2n) is 10.4. The SMILES string of the molecule is CCOc1ccc2c(c1F)OC1CC(C=O)CC[C@@H]21.CCOc1ccc2c(c1F)OC1CC(C=O)CC[C@@H]21. The van der Waals surface area contributed by atoms with Gasteiger partial charge in [-0.05, 0) is 64.5 Å². The molecule has 2 aliphatic heterocycles. The molecule has 0 radical (unpaired) electrons. The van der Waals surface area contributed by atoms with E-state index in [2.05, 4.69) is 0 Å². The minimum absolute atomic E-state index is 0.0463. The molecule has 6 nitrogen and oxygen atoms in total. The van der Waals surface area contributed by atoms with Crippen molar-refractivity contribution in [2.75, 3.05) is 13.2 Å². The molecule has 8 heteroatoms. The van der Waals surface area contributed by atoms with Gasteiger partial charge in [-0.2, -0.15) is 8.78 Å². The van der Waals surface area contributed by atoms with Gasteiger partial charge in [-0.1, -0.05) is 12.1 Å². The van der Waals surface area contributed by atoms with E-state index in [9.17, 15) is 18.4 Å². The van der Waals surface area contributed by atoms with Crippen molar-refractivity contribution in [3.8, 4) is 23.0 Å². The number of rotatable bonds is 6. The van der Waals surface area contributed by atoms with Crippen LogP contribution in [-0.2, 0) is 9.59 Å². The van der Waals surface area contributed by atoms with Gasteiger partial charge in [0.05, 0.1) is 13.2 Å². The highest BCUT2D eigenvalue weighted by atomic mass is 19.1. The summed E-state index contributed by atoms with van der Waals surface area (Å²) in [5, 5.41) is 0. The molecule has 4 unspecified atom stereocenters. The van der Waals surface area contributed by atoms with Crippen LogP contribution >= 0.6 is 0 Å². The summed E-state index contributed by atoms with van der Waals surface area (Å²) in [6, 6.07) is 7.15. The third-order valence-corrected chi connectivity index (χ3v) is 8.17. The standard InChI is InChI=1S/2C15H17FO3/c2*1-2-18-12-6-5-11-10-4-3-9(8-17)7-13(10)19-15(11)14(12)16/h2*5-6,8-10,13H,2-4,7H2,1H3/t2*9?,10-,13?/m00/s1. The van der Waals surface area contributed by atoms with Crippen LogP contribution in [0.1, 0.15) is 75.3 Å². The van der Waals surface area contributed by atoms with Crippen molar-refractivity contribution in [2.24, 2.45) is 11.8 Å². The van der Waals surface area contributed by atoms with E-state index in [0.717, 1.165) is 49.4 Å². The molecule has 4 aliphatic rings. The summed E-state index contributed by atoms with van der Waals surface area (Å²) in [5.74, 6) is 0.856. The number of hydrogen-bond acceptors (Lipinski definition) is 6. The smallest absolute Gasteiger partial charge is 0.207 e. The number of benzene rings is 2. The fraction of sp³-hybridized carbons (Fsp3) is 0.533. The van der Waals surface area contributed by atoms with Crippen LogP contribution in [0.15, 0.2) is 24.3 Å². The summed E-state index contributed by atoms with van der Waals surface area (Å²) in [4.78, 5) is 21.8. The molecule has 2 aromatic rings. The Labute approximate surface area is 221 Å². The van der Waals surface area contributed by atoms with Gasteiger partial charge in [0.1, 0.15) is 24.8 Å². The third kappa shape index (κ3) is 4.85. The molecule has 0 spiro atoms. The first-order valence-electron chi connectivity index (χ1n) is 13.6. The molecule has 2 aromatic carbocycles. The Kier molecular flexibility index (Phi) is 7.86. The average molecular weight is 529 g/mol. The van der Waals surface area contributed by atoms with Gasteiger partial charge >= 0.3 is 0 Å². The van der Waals surface area contributed by atoms with Gasteiger partial charge in [-0.3, -0.25) is 0 Å². The molecule has 6 atom stereocenters. The summed E-state index contributed by atoms with van der Waals surface area (Å²) in [6.07, 6.45) is 6.72. The number of hydrogen-bond donors (Lipinski definition) is 0. The summed E-state index contributed by atoms with van der Waals surface area (Å²) >= 11 is 0. The normalized spacial score (nSPS) is 28.2. The van der Waals surface area contributed by atoms with Gasteiger partial charge in [0.2, 0.25) is 11.6 Å². The van der Waals surface area contributed by atoms with Gasteiger partial charge in [0, 0.05) is 34.8 Å². The minimum Gasteiger partial charge on any atom is -0.491 e. The second kappa shape index (κ2) is 11.3. The quantitative estimate of drug-likeness (QED) is 0.420. The first-order chi connectivity index (χ1) is 18.5. The third-order valence-electron chi connectivity index (χ3n) is 8.17. The fourth-order valence-corrected chi connectivity index (χ4v) is 6.31. The van der Waals surface area contributed by atoms with Crippen molar-refractivity contribution in [3.63, 3.8) is 0 Å². The molecular formula is C30H34F2O6. The van der Waals surface area contributed by atoms with E-state index in [1.54, 1.807) is 12.1 Å². The molecule has 2 saturated carbocycles. The van der Waals surface area contributed by atoms with Gasteiger partial charge in [-0.15, -0.1) is 0 Å². The lowest BCUT2D eigenvalue weighted by atomic mass is 9.78. The minimum atomic E-state index is -0.406. The van der Waals surface area contributed by atoms with E-state index in [-0.39, 0.29) is 47.4 Å². The van der Waals surface area contributed by atoms with Crippen LogP contribution in [0.3, 0.4) is 0 Å². The monoisotopic (exact) mass is 528 g/mol. The lowest BCUT2D eigenvalue weighted by molar-refractivity contribution is -0.113. The van der Waals surface area contributed by atoms with E-state index in [1.165, 1.54) is 0 Å². The Morgan fingerprint density at radius 2 is 1.16 bits per heavy atom. The summed E-state index contributed by atoms with van der Waals surface area (Å²) in [7, 11) is 0. The highest BCUT2D eigenvalue weighted by Crippen LogP contribution is 2.50. The molecule has 0 bridgehead atoms. The maximum Gasteiger partial charge on any atom is 0.207 e. The molecule has 2 heterocycles. The molecule has 38 heavy (non-hydrogen) atoms. The van der Waals surface area contributed by atoms with Crippen molar-refractivity contribution in [2.45, 2.75) is 76.4 Å². The molecule has 0 N–H and O–H groups in total. The molecule has 0 amide bonds. The first kappa shape index (κ1) is 26.4. The number of ether oxygens (including phenoxy) is 4. The van der Waals surface area contributed by atoms with Gasteiger partial charge < -0.3 is 28.5 Å². The highest BCUT2D eigenvalue weighted by molar-refractivity contribution is 5.56. The predicted molar refractivity (Wildman–Crippen MR) is 136 cm³/mol. The van der Waals surface area contributed by atoms with E-state index in [0.29, 0.717) is 37.6 Å². The van der Waals surface area contributed by atoms with E-state index in [1.807, 2.05) is 26.0 Å². The molecule has 2 fully saturated rings. The summed E-state index contributed by atoms with van der Waals surface area (Å²) in [6.45, 7) is 4.50. The first-order valence-corrected chi connectivity index (χ1v) is 13.6. The average Bonchev–Trinajstić information content (AvgIpc) is 3.50. The van der Waals surface area contributed by atoms with Crippen LogP contribution in [0.5, 0.6) is 23.0 Å². The number of carbonyl (C=O) groups excluding carboxylic acids is 2. The van der Waals surface area contributed by atoms with Crippen LogP contribution in [0.2, 0.25) is 0 Å². The van der Waals surface area contributed by atoms with Crippen LogP contribution in [-0.4, -0.2) is 38.0 Å². The highest BCUT2D eigenvalue weighted by Gasteiger charge is 2.42. The Hall–Kier alpha value is -3.16. The van der Waals surface area contributed by atoms with Crippen molar-refractivity contribution < 1.29 is 37.3 Å². The maximum atomic E-state index is 14.3. The van der Waals surface area contributed by atoms with E-state index < -0.39 is 11.6 Å². The number of halogens is 2. The fourth-order valence-electron chi connectivity index (χ4n) is 6.31. The number of aldehydes is 2. The van der Waals surface area contributed by atoms with Gasteiger partial charge in [-0.25, -0.2) is 0 Å². The van der Waals surface area contributed by atoms with Crippen LogP contribution in [0.25, 0.3) is 0 Å². The number of fused-ring (bicyclic) bond motifs is 6. The molecule has 204 valence electrons. The largest absolute Gasteiger partial charge is 0.491 e. The van der Waals surface area contributed by atoms with Crippen LogP contribution in [0.4, 0.5) is 8.78 Å².